The van der Waals surface area contributed by atoms with Gasteiger partial charge in [0.2, 0.25) is 0 Å². The smallest absolute Gasteiger partial charge is 0.458 e. The Bertz CT molecular complexity index is 855. The summed E-state index contributed by atoms with van der Waals surface area (Å²) in [5.74, 6) is 0.286. The Kier molecular flexibility index (Phi) is 7.34. The van der Waals surface area contributed by atoms with Crippen molar-refractivity contribution >= 4 is 22.0 Å². The number of nitrogens with one attached hydrogen (secondary N) is 1. The minimum atomic E-state index is -4.01. The van der Waals surface area contributed by atoms with Gasteiger partial charge in [0.1, 0.15) is 17.5 Å². The van der Waals surface area contributed by atoms with Gasteiger partial charge >= 0.3 is 16.1 Å². The molecule has 0 radical (unpaired) electrons. The Morgan fingerprint density at radius 3 is 2.39 bits per heavy atom. The van der Waals surface area contributed by atoms with Crippen LogP contribution in [-0.4, -0.2) is 58.1 Å². The quantitative estimate of drug-likeness (QED) is 0.545. The normalized spacial score (nSPS) is 17.6. The third kappa shape index (κ3) is 5.18. The number of aryl methyl sites for hydroxylation is 1. The molecule has 0 fully saturated rings. The number of rotatable bonds is 7. The predicted molar refractivity (Wildman–Crippen MR) is 104 cm³/mol. The number of carbonyl (C=O) groups is 1. The standard InChI is InChI=1S/C19H26N2O6S/c1-13(2)16-12-27-17(10-11-18(25-4)26-5)21(16)19(22)20-28(23,24)15-8-6-14(3)7-9-15/h6-11,13,16,18H,12H2,1-5H3/p+1/b11-10+/t16-/m0/s1. The average Bonchev–Trinajstić information content (AvgIpc) is 3.07. The first kappa shape index (κ1) is 22.1. The van der Waals surface area contributed by atoms with Crippen molar-refractivity contribution in [3.63, 3.8) is 0 Å². The van der Waals surface area contributed by atoms with Crippen LogP contribution in [-0.2, 0) is 24.2 Å². The van der Waals surface area contributed by atoms with Crippen molar-refractivity contribution < 1.29 is 32.0 Å². The van der Waals surface area contributed by atoms with Gasteiger partial charge in [-0.1, -0.05) is 31.5 Å². The molecule has 1 N–H and O–H groups in total. The van der Waals surface area contributed by atoms with E-state index in [9.17, 15) is 13.2 Å². The van der Waals surface area contributed by atoms with Gasteiger partial charge in [0.05, 0.1) is 0 Å². The van der Waals surface area contributed by atoms with Gasteiger partial charge in [0.15, 0.2) is 6.29 Å². The molecule has 0 aromatic heterocycles. The summed E-state index contributed by atoms with van der Waals surface area (Å²) < 4.78 is 44.4. The summed E-state index contributed by atoms with van der Waals surface area (Å²) in [7, 11) is -1.05. The summed E-state index contributed by atoms with van der Waals surface area (Å²) >= 11 is 0. The summed E-state index contributed by atoms with van der Waals surface area (Å²) in [5.41, 5.74) is 0.921. The number of urea groups is 1. The maximum Gasteiger partial charge on any atom is 0.509 e. The second kappa shape index (κ2) is 9.31. The molecule has 28 heavy (non-hydrogen) atoms. The maximum absolute atomic E-state index is 12.8. The van der Waals surface area contributed by atoms with E-state index in [4.69, 9.17) is 14.2 Å². The molecule has 0 spiro atoms. The molecular formula is C19H27N2O6S+. The van der Waals surface area contributed by atoms with Crippen LogP contribution in [0.4, 0.5) is 4.79 Å². The van der Waals surface area contributed by atoms with Crippen molar-refractivity contribution in [3.8, 4) is 0 Å². The van der Waals surface area contributed by atoms with Gasteiger partial charge < -0.3 is 14.2 Å². The highest BCUT2D eigenvalue weighted by Crippen LogP contribution is 2.17. The number of benzene rings is 1. The molecular weight excluding hydrogens is 384 g/mol. The number of sulfonamides is 1. The van der Waals surface area contributed by atoms with Gasteiger partial charge in [-0.2, -0.15) is 17.8 Å². The molecule has 1 aliphatic heterocycles. The fourth-order valence-electron chi connectivity index (χ4n) is 2.70. The van der Waals surface area contributed by atoms with Crippen molar-refractivity contribution in [2.45, 2.75) is 38.0 Å². The van der Waals surface area contributed by atoms with Gasteiger partial charge in [-0.25, -0.2) is 0 Å². The molecule has 0 saturated heterocycles. The van der Waals surface area contributed by atoms with E-state index in [1.165, 1.54) is 37.0 Å². The first-order valence-corrected chi connectivity index (χ1v) is 10.3. The lowest BCUT2D eigenvalue weighted by molar-refractivity contribution is -0.467. The van der Waals surface area contributed by atoms with E-state index in [-0.39, 0.29) is 29.4 Å². The number of amides is 2. The zero-order chi connectivity index (χ0) is 20.9. The Labute approximate surface area is 165 Å². The van der Waals surface area contributed by atoms with Gasteiger partial charge in [-0.3, -0.25) is 0 Å². The second-order valence-electron chi connectivity index (χ2n) is 6.75. The van der Waals surface area contributed by atoms with E-state index in [2.05, 4.69) is 4.72 Å². The monoisotopic (exact) mass is 411 g/mol. The predicted octanol–water partition coefficient (Wildman–Crippen LogP) is 2.03. The van der Waals surface area contributed by atoms with Gasteiger partial charge in [0.25, 0.3) is 5.90 Å². The molecule has 0 bridgehead atoms. The Balaban J connectivity index is 2.33. The summed E-state index contributed by atoms with van der Waals surface area (Å²) in [6.45, 7) is 5.98. The van der Waals surface area contributed by atoms with E-state index < -0.39 is 22.3 Å². The zero-order valence-electron chi connectivity index (χ0n) is 16.7. The molecule has 0 unspecified atom stereocenters. The minimum Gasteiger partial charge on any atom is -0.458 e. The molecule has 9 heteroatoms. The van der Waals surface area contributed by atoms with E-state index in [1.807, 2.05) is 20.8 Å². The van der Waals surface area contributed by atoms with E-state index in [0.717, 1.165) is 5.56 Å². The van der Waals surface area contributed by atoms with Crippen LogP contribution in [0.5, 0.6) is 0 Å². The van der Waals surface area contributed by atoms with Crippen LogP contribution in [0.2, 0.25) is 0 Å². The van der Waals surface area contributed by atoms with Crippen LogP contribution in [0.3, 0.4) is 0 Å². The van der Waals surface area contributed by atoms with E-state index in [0.29, 0.717) is 0 Å². The van der Waals surface area contributed by atoms with Crippen molar-refractivity contribution in [3.05, 3.63) is 42.0 Å². The van der Waals surface area contributed by atoms with Gasteiger partial charge in [-0.15, -0.1) is 4.72 Å². The topological polar surface area (TPSA) is 93.9 Å². The highest BCUT2D eigenvalue weighted by Gasteiger charge is 2.40. The number of hydrogen-bond donors (Lipinski definition) is 1. The largest absolute Gasteiger partial charge is 0.509 e. The molecule has 154 valence electrons. The summed E-state index contributed by atoms with van der Waals surface area (Å²) in [4.78, 5) is 12.9. The lowest BCUT2D eigenvalue weighted by atomic mass is 10.1. The van der Waals surface area contributed by atoms with Crippen molar-refractivity contribution in [2.75, 3.05) is 20.8 Å². The fourth-order valence-corrected chi connectivity index (χ4v) is 3.64. The molecule has 1 aliphatic rings. The van der Waals surface area contributed by atoms with Crippen LogP contribution >= 0.6 is 0 Å². The molecule has 1 aromatic rings. The second-order valence-corrected chi connectivity index (χ2v) is 8.44. The van der Waals surface area contributed by atoms with Crippen molar-refractivity contribution in [2.24, 2.45) is 5.92 Å². The van der Waals surface area contributed by atoms with Crippen LogP contribution in [0, 0.1) is 12.8 Å². The lowest BCUT2D eigenvalue weighted by Crippen LogP contribution is -2.44. The molecule has 8 nitrogen and oxygen atoms in total. The molecule has 2 rings (SSSR count). The first-order chi connectivity index (χ1) is 13.2. The number of carbonyl (C=O) groups excluding carboxylic acids is 1. The number of methoxy groups -OCH3 is 2. The average molecular weight is 412 g/mol. The van der Waals surface area contributed by atoms with Crippen LogP contribution in [0.15, 0.2) is 41.3 Å². The Hall–Kier alpha value is -2.23. The SMILES string of the molecule is COC(/C=C/C1=[N+](C(=O)NS(=O)(=O)c2ccc(C)cc2)[C@H](C(C)C)CO1)OC. The molecule has 1 aromatic carbocycles. The third-order valence-corrected chi connectivity index (χ3v) is 5.71. The van der Waals surface area contributed by atoms with Crippen molar-refractivity contribution in [1.82, 2.24) is 4.72 Å². The summed E-state index contributed by atoms with van der Waals surface area (Å²) in [6.07, 6.45) is 2.50. The maximum atomic E-state index is 12.8. The highest BCUT2D eigenvalue weighted by molar-refractivity contribution is 7.90. The Morgan fingerprint density at radius 2 is 1.86 bits per heavy atom. The van der Waals surface area contributed by atoms with E-state index in [1.54, 1.807) is 18.2 Å². The highest BCUT2D eigenvalue weighted by atomic mass is 32.2. The van der Waals surface area contributed by atoms with E-state index >= 15 is 0 Å². The van der Waals surface area contributed by atoms with Gasteiger partial charge in [0, 0.05) is 20.3 Å². The Morgan fingerprint density at radius 1 is 1.25 bits per heavy atom. The number of nitrogens with zero attached hydrogens (tertiary/aromatic N) is 1. The fraction of sp³-hybridized carbons (Fsp3) is 0.474. The van der Waals surface area contributed by atoms with Crippen LogP contribution < -0.4 is 4.72 Å². The van der Waals surface area contributed by atoms with Crippen LogP contribution in [0.25, 0.3) is 0 Å². The summed E-state index contributed by atoms with van der Waals surface area (Å²) in [5, 5.41) is 0. The first-order valence-electron chi connectivity index (χ1n) is 8.85. The minimum absolute atomic E-state index is 0.0172. The zero-order valence-corrected chi connectivity index (χ0v) is 17.5. The molecule has 1 atom stereocenters. The third-order valence-electron chi connectivity index (χ3n) is 4.37. The molecule has 2 amide bonds. The number of ether oxygens (including phenoxy) is 3. The molecule has 1 heterocycles. The molecule has 0 aliphatic carbocycles. The summed E-state index contributed by atoms with van der Waals surface area (Å²) in [6, 6.07) is 5.17. The van der Waals surface area contributed by atoms with Crippen molar-refractivity contribution in [1.29, 1.82) is 0 Å². The lowest BCUT2D eigenvalue weighted by Gasteiger charge is -2.13. The number of hydrogen-bond acceptors (Lipinski definition) is 6. The van der Waals surface area contributed by atoms with Crippen LogP contribution in [0.1, 0.15) is 19.4 Å². The van der Waals surface area contributed by atoms with Gasteiger partial charge in [-0.05, 0) is 31.1 Å². The molecule has 0 saturated carbocycles.